The molecular weight excluding hydrogens is 376 g/mol. The first kappa shape index (κ1) is 23.5. The van der Waals surface area contributed by atoms with Gasteiger partial charge >= 0.3 is 0 Å². The minimum Gasteiger partial charge on any atom is -0.483 e. The molecule has 2 aromatic carbocycles. The van der Waals surface area contributed by atoms with E-state index in [0.29, 0.717) is 31.2 Å². The van der Waals surface area contributed by atoms with E-state index >= 15 is 0 Å². The summed E-state index contributed by atoms with van der Waals surface area (Å²) in [6.45, 7) is 10.8. The maximum atomic E-state index is 13.0. The molecule has 0 saturated heterocycles. The number of ether oxygens (including phenoxy) is 1. The Morgan fingerprint density at radius 3 is 2.37 bits per heavy atom. The lowest BCUT2D eigenvalue weighted by Crippen LogP contribution is -2.50. The zero-order chi connectivity index (χ0) is 22.1. The smallest absolute Gasteiger partial charge is 0.261 e. The fourth-order valence-corrected chi connectivity index (χ4v) is 3.13. The lowest BCUT2D eigenvalue weighted by atomic mass is 10.1. The minimum absolute atomic E-state index is 0.0963. The van der Waals surface area contributed by atoms with Crippen LogP contribution in [0.2, 0.25) is 0 Å². The number of nitrogens with one attached hydrogen (secondary N) is 1. The van der Waals surface area contributed by atoms with Crippen LogP contribution in [-0.2, 0) is 16.0 Å². The Morgan fingerprint density at radius 1 is 1.00 bits per heavy atom. The maximum absolute atomic E-state index is 13.0. The molecule has 0 unspecified atom stereocenters. The summed E-state index contributed by atoms with van der Waals surface area (Å²) in [4.78, 5) is 27.3. The van der Waals surface area contributed by atoms with Crippen LogP contribution in [0.25, 0.3) is 0 Å². The molecule has 0 aliphatic rings. The number of carbonyl (C=O) groups is 2. The van der Waals surface area contributed by atoms with Gasteiger partial charge in [0.2, 0.25) is 5.91 Å². The van der Waals surface area contributed by atoms with Gasteiger partial charge < -0.3 is 15.0 Å². The first-order chi connectivity index (χ1) is 14.3. The van der Waals surface area contributed by atoms with E-state index in [0.717, 1.165) is 16.7 Å². The molecule has 0 heterocycles. The average molecular weight is 411 g/mol. The first-order valence-electron chi connectivity index (χ1n) is 10.6. The lowest BCUT2D eigenvalue weighted by Gasteiger charge is -2.29. The predicted molar refractivity (Wildman–Crippen MR) is 121 cm³/mol. The van der Waals surface area contributed by atoms with Gasteiger partial charge in [-0.25, -0.2) is 0 Å². The molecule has 0 spiro atoms. The molecule has 0 radical (unpaired) electrons. The van der Waals surface area contributed by atoms with Crippen LogP contribution < -0.4 is 10.1 Å². The van der Waals surface area contributed by atoms with Crippen molar-refractivity contribution in [3.8, 4) is 5.75 Å². The molecule has 5 nitrogen and oxygen atoms in total. The summed E-state index contributed by atoms with van der Waals surface area (Å²) >= 11 is 0. The topological polar surface area (TPSA) is 58.6 Å². The lowest BCUT2D eigenvalue weighted by molar-refractivity contribution is -0.141. The molecule has 0 aliphatic carbocycles. The van der Waals surface area contributed by atoms with Crippen LogP contribution in [0.15, 0.2) is 48.5 Å². The van der Waals surface area contributed by atoms with Crippen LogP contribution in [0.4, 0.5) is 0 Å². The van der Waals surface area contributed by atoms with Crippen molar-refractivity contribution >= 4 is 11.8 Å². The van der Waals surface area contributed by atoms with Crippen molar-refractivity contribution in [3.63, 3.8) is 0 Å². The molecule has 0 fully saturated rings. The van der Waals surface area contributed by atoms with E-state index in [1.54, 1.807) is 11.8 Å². The van der Waals surface area contributed by atoms with Crippen LogP contribution in [0.1, 0.15) is 37.5 Å². The largest absolute Gasteiger partial charge is 0.483 e. The number of rotatable bonds is 10. The van der Waals surface area contributed by atoms with Gasteiger partial charge in [0.15, 0.2) is 6.61 Å². The monoisotopic (exact) mass is 410 g/mol. The fraction of sp³-hybridized carbons (Fsp3) is 0.440. The number of benzene rings is 2. The minimum atomic E-state index is -0.567. The molecule has 1 N–H and O–H groups in total. The van der Waals surface area contributed by atoms with Crippen LogP contribution in [-0.4, -0.2) is 42.5 Å². The quantitative estimate of drug-likeness (QED) is 0.646. The first-order valence-corrected chi connectivity index (χ1v) is 10.6. The van der Waals surface area contributed by atoms with Gasteiger partial charge in [0.1, 0.15) is 11.8 Å². The Morgan fingerprint density at radius 2 is 1.70 bits per heavy atom. The Kier molecular flexibility index (Phi) is 8.90. The maximum Gasteiger partial charge on any atom is 0.261 e. The van der Waals surface area contributed by atoms with Crippen molar-refractivity contribution < 1.29 is 14.3 Å². The molecule has 5 heteroatoms. The highest BCUT2D eigenvalue weighted by Crippen LogP contribution is 2.20. The van der Waals surface area contributed by atoms with E-state index < -0.39 is 6.04 Å². The summed E-state index contributed by atoms with van der Waals surface area (Å²) in [5, 5.41) is 2.93. The van der Waals surface area contributed by atoms with E-state index in [2.05, 4.69) is 5.32 Å². The predicted octanol–water partition coefficient (Wildman–Crippen LogP) is 3.91. The molecule has 0 bridgehead atoms. The van der Waals surface area contributed by atoms with Crippen molar-refractivity contribution in [2.75, 3.05) is 19.7 Å². The summed E-state index contributed by atoms with van der Waals surface area (Å²) in [6, 6.07) is 15.2. The number of hydrogen-bond acceptors (Lipinski definition) is 3. The number of carbonyl (C=O) groups excluding carboxylic acids is 2. The zero-order valence-electron chi connectivity index (χ0n) is 18.8. The van der Waals surface area contributed by atoms with Crippen LogP contribution in [0.5, 0.6) is 5.75 Å². The van der Waals surface area contributed by atoms with Crippen LogP contribution in [0.3, 0.4) is 0 Å². The van der Waals surface area contributed by atoms with Crippen molar-refractivity contribution in [1.82, 2.24) is 10.2 Å². The van der Waals surface area contributed by atoms with Crippen molar-refractivity contribution in [2.24, 2.45) is 5.92 Å². The van der Waals surface area contributed by atoms with Crippen molar-refractivity contribution in [2.45, 2.75) is 47.1 Å². The molecular formula is C25H34N2O3. The molecule has 2 rings (SSSR count). The summed E-state index contributed by atoms with van der Waals surface area (Å²) in [5.41, 5.74) is 3.26. The molecule has 162 valence electrons. The van der Waals surface area contributed by atoms with Gasteiger partial charge in [-0.15, -0.1) is 0 Å². The third kappa shape index (κ3) is 6.90. The summed E-state index contributed by atoms with van der Waals surface area (Å²) < 4.78 is 5.82. The molecule has 1 atom stereocenters. The van der Waals surface area contributed by atoms with Gasteiger partial charge in [0.25, 0.3) is 5.91 Å². The number of aryl methyl sites for hydroxylation is 1. The van der Waals surface area contributed by atoms with Gasteiger partial charge in [0.05, 0.1) is 0 Å². The molecule has 0 saturated carbocycles. The highest BCUT2D eigenvalue weighted by molar-refractivity contribution is 5.88. The Labute approximate surface area is 180 Å². The van der Waals surface area contributed by atoms with Gasteiger partial charge in [-0.05, 0) is 55.9 Å². The standard InChI is InChI=1S/C25H34N2O3/c1-18(2)16-26-25(29)21(5)27(15-14-22-11-7-6-8-12-22)24(28)17-30-23-13-9-10-19(3)20(23)4/h6-13,18,21H,14-17H2,1-5H3,(H,26,29)/t21-/m0/s1. The van der Waals surface area contributed by atoms with E-state index in [9.17, 15) is 9.59 Å². The second kappa shape index (κ2) is 11.4. The van der Waals surface area contributed by atoms with Crippen LogP contribution in [0, 0.1) is 19.8 Å². The molecule has 2 amide bonds. The summed E-state index contributed by atoms with van der Waals surface area (Å²) in [5.74, 6) is 0.710. The molecule has 2 aromatic rings. The third-order valence-corrected chi connectivity index (χ3v) is 5.24. The van der Waals surface area contributed by atoms with Crippen LogP contribution >= 0.6 is 0 Å². The summed E-state index contributed by atoms with van der Waals surface area (Å²) in [7, 11) is 0. The number of hydrogen-bond donors (Lipinski definition) is 1. The molecule has 0 aromatic heterocycles. The number of amides is 2. The SMILES string of the molecule is Cc1cccc(OCC(=O)N(CCc2ccccc2)[C@@H](C)C(=O)NCC(C)C)c1C. The number of nitrogens with zero attached hydrogens (tertiary/aromatic N) is 1. The molecule has 30 heavy (non-hydrogen) atoms. The zero-order valence-corrected chi connectivity index (χ0v) is 18.8. The average Bonchev–Trinajstić information content (AvgIpc) is 2.73. The van der Waals surface area contributed by atoms with E-state index in [1.165, 1.54) is 0 Å². The van der Waals surface area contributed by atoms with Gasteiger partial charge in [0, 0.05) is 13.1 Å². The van der Waals surface area contributed by atoms with Gasteiger partial charge in [-0.2, -0.15) is 0 Å². The second-order valence-corrected chi connectivity index (χ2v) is 8.12. The Balaban J connectivity index is 2.08. The highest BCUT2D eigenvalue weighted by Gasteiger charge is 2.26. The summed E-state index contributed by atoms with van der Waals surface area (Å²) in [6.07, 6.45) is 0.678. The highest BCUT2D eigenvalue weighted by atomic mass is 16.5. The van der Waals surface area contributed by atoms with Crippen molar-refractivity contribution in [1.29, 1.82) is 0 Å². The van der Waals surface area contributed by atoms with E-state index in [4.69, 9.17) is 4.74 Å². The Hall–Kier alpha value is -2.82. The van der Waals surface area contributed by atoms with Gasteiger partial charge in [-0.3, -0.25) is 9.59 Å². The van der Waals surface area contributed by atoms with E-state index in [1.807, 2.05) is 76.2 Å². The van der Waals surface area contributed by atoms with Crippen molar-refractivity contribution in [3.05, 3.63) is 65.2 Å². The third-order valence-electron chi connectivity index (χ3n) is 5.24. The normalized spacial score (nSPS) is 11.8. The Bertz CT molecular complexity index is 834. The molecule has 0 aliphatic heterocycles. The second-order valence-electron chi connectivity index (χ2n) is 8.12. The van der Waals surface area contributed by atoms with E-state index in [-0.39, 0.29) is 18.4 Å². The fourth-order valence-electron chi connectivity index (χ4n) is 3.13. The van der Waals surface area contributed by atoms with Gasteiger partial charge in [-0.1, -0.05) is 56.3 Å².